The summed E-state index contributed by atoms with van der Waals surface area (Å²) in [6.45, 7) is -0.656. The van der Waals surface area contributed by atoms with Crippen molar-refractivity contribution in [2.24, 2.45) is 5.73 Å². The highest BCUT2D eigenvalue weighted by molar-refractivity contribution is 9.10. The molecule has 0 radical (unpaired) electrons. The van der Waals surface area contributed by atoms with Gasteiger partial charge in [-0.1, -0.05) is 27.5 Å². The molecule has 0 fully saturated rings. The molecule has 1 aromatic rings. The van der Waals surface area contributed by atoms with E-state index in [1.807, 2.05) is 0 Å². The number of nitrogens with two attached hydrogens (primary N) is 1. The Labute approximate surface area is 94.4 Å². The Kier molecular flexibility index (Phi) is 3.86. The first-order valence-electron chi connectivity index (χ1n) is 3.96. The van der Waals surface area contributed by atoms with Crippen molar-refractivity contribution < 1.29 is 8.78 Å². The number of alkyl halides is 2. The Hall–Kier alpha value is -0.190. The zero-order valence-electron chi connectivity index (χ0n) is 7.24. The van der Waals surface area contributed by atoms with Crippen LogP contribution in [0, 0.1) is 0 Å². The van der Waals surface area contributed by atoms with E-state index in [2.05, 4.69) is 15.9 Å². The molecule has 0 unspecified atom stereocenters. The van der Waals surface area contributed by atoms with Gasteiger partial charge in [-0.2, -0.15) is 0 Å². The molecule has 0 saturated heterocycles. The summed E-state index contributed by atoms with van der Waals surface area (Å²) < 4.78 is 26.5. The van der Waals surface area contributed by atoms with E-state index in [1.54, 1.807) is 12.1 Å². The lowest BCUT2D eigenvalue weighted by Gasteiger charge is -2.13. The Bertz CT molecular complexity index is 310. The van der Waals surface area contributed by atoms with E-state index in [1.165, 1.54) is 6.07 Å². The Morgan fingerprint density at radius 3 is 2.50 bits per heavy atom. The van der Waals surface area contributed by atoms with Crippen LogP contribution in [-0.4, -0.2) is 12.5 Å². The molecule has 0 aliphatic carbocycles. The van der Waals surface area contributed by atoms with E-state index < -0.39 is 12.5 Å². The first-order chi connectivity index (χ1) is 6.43. The number of halogens is 4. The molecule has 2 N–H and O–H groups in total. The van der Waals surface area contributed by atoms with Gasteiger partial charge in [-0.3, -0.25) is 0 Å². The van der Waals surface area contributed by atoms with Crippen LogP contribution >= 0.6 is 27.5 Å². The van der Waals surface area contributed by atoms with Crippen molar-refractivity contribution in [3.8, 4) is 0 Å². The number of rotatable bonds is 3. The van der Waals surface area contributed by atoms with Crippen molar-refractivity contribution in [2.45, 2.75) is 12.3 Å². The maximum Gasteiger partial charge on any atom is 0.264 e. The van der Waals surface area contributed by atoms with Crippen LogP contribution < -0.4 is 5.73 Å². The fourth-order valence-corrected chi connectivity index (χ4v) is 2.01. The third-order valence-corrected chi connectivity index (χ3v) is 2.36. The van der Waals surface area contributed by atoms with Crippen LogP contribution in [0.3, 0.4) is 0 Å². The second-order valence-corrected chi connectivity index (χ2v) is 4.37. The van der Waals surface area contributed by atoms with Gasteiger partial charge in [-0.25, -0.2) is 8.78 Å². The van der Waals surface area contributed by atoms with E-state index in [-0.39, 0.29) is 6.42 Å². The van der Waals surface area contributed by atoms with Gasteiger partial charge in [0.15, 0.2) is 0 Å². The highest BCUT2D eigenvalue weighted by atomic mass is 79.9. The molecule has 0 aromatic heterocycles. The van der Waals surface area contributed by atoms with E-state index in [0.717, 1.165) is 0 Å². The molecular weight excluding hydrogens is 275 g/mol. The maximum atomic E-state index is 12.9. The summed E-state index contributed by atoms with van der Waals surface area (Å²) in [5, 5.41) is 0.433. The second kappa shape index (κ2) is 4.55. The fourth-order valence-electron chi connectivity index (χ4n) is 1.08. The monoisotopic (exact) mass is 283 g/mol. The molecule has 0 aliphatic heterocycles. The summed E-state index contributed by atoms with van der Waals surface area (Å²) in [7, 11) is 0. The van der Waals surface area contributed by atoms with Crippen molar-refractivity contribution in [3.05, 3.63) is 33.3 Å². The number of hydrogen-bond acceptors (Lipinski definition) is 1. The molecule has 0 aliphatic rings. The quantitative estimate of drug-likeness (QED) is 0.906. The largest absolute Gasteiger partial charge is 0.325 e. The molecule has 0 atom stereocenters. The van der Waals surface area contributed by atoms with Crippen molar-refractivity contribution in [3.63, 3.8) is 0 Å². The van der Waals surface area contributed by atoms with Crippen LogP contribution in [0.4, 0.5) is 8.78 Å². The Morgan fingerprint density at radius 2 is 2.00 bits per heavy atom. The lowest BCUT2D eigenvalue weighted by Crippen LogP contribution is -2.30. The van der Waals surface area contributed by atoms with Crippen LogP contribution in [0.5, 0.6) is 0 Å². The minimum absolute atomic E-state index is 0.386. The van der Waals surface area contributed by atoms with Gasteiger partial charge >= 0.3 is 0 Å². The molecule has 1 rings (SSSR count). The molecule has 1 aromatic carbocycles. The Morgan fingerprint density at radius 1 is 1.36 bits per heavy atom. The highest BCUT2D eigenvalue weighted by Crippen LogP contribution is 2.24. The third-order valence-electron chi connectivity index (χ3n) is 1.68. The van der Waals surface area contributed by atoms with Crippen molar-refractivity contribution in [2.75, 3.05) is 6.54 Å². The minimum atomic E-state index is -2.87. The van der Waals surface area contributed by atoms with Crippen molar-refractivity contribution >= 4 is 27.5 Å². The first kappa shape index (κ1) is 11.9. The predicted molar refractivity (Wildman–Crippen MR) is 56.9 cm³/mol. The molecule has 0 bridgehead atoms. The van der Waals surface area contributed by atoms with E-state index in [4.69, 9.17) is 17.3 Å². The summed E-state index contributed by atoms with van der Waals surface area (Å²) in [4.78, 5) is 0. The summed E-state index contributed by atoms with van der Waals surface area (Å²) in [5.41, 5.74) is 5.41. The standard InChI is InChI=1S/C9H9BrClF2N/c10-7-1-6(2-8(11)3-7)4-9(12,13)5-14/h1-3H,4-5,14H2. The lowest BCUT2D eigenvalue weighted by atomic mass is 10.1. The van der Waals surface area contributed by atoms with E-state index in [9.17, 15) is 8.78 Å². The minimum Gasteiger partial charge on any atom is -0.325 e. The van der Waals surface area contributed by atoms with Crippen molar-refractivity contribution in [1.82, 2.24) is 0 Å². The molecule has 0 saturated carbocycles. The van der Waals surface area contributed by atoms with Gasteiger partial charge in [0.25, 0.3) is 5.92 Å². The first-order valence-corrected chi connectivity index (χ1v) is 5.13. The van der Waals surface area contributed by atoms with Crippen LogP contribution in [0.2, 0.25) is 5.02 Å². The van der Waals surface area contributed by atoms with Gasteiger partial charge in [0.2, 0.25) is 0 Å². The molecular formula is C9H9BrClF2N. The summed E-state index contributed by atoms with van der Waals surface area (Å²) in [6, 6.07) is 4.76. The van der Waals surface area contributed by atoms with Gasteiger partial charge < -0.3 is 5.73 Å². The zero-order valence-corrected chi connectivity index (χ0v) is 9.58. The SMILES string of the molecule is NCC(F)(F)Cc1cc(Cl)cc(Br)c1. The molecule has 14 heavy (non-hydrogen) atoms. The average Bonchev–Trinajstić information content (AvgIpc) is 2.01. The molecule has 78 valence electrons. The van der Waals surface area contributed by atoms with Gasteiger partial charge in [0.05, 0.1) is 6.54 Å². The molecule has 0 amide bonds. The average molecular weight is 285 g/mol. The smallest absolute Gasteiger partial charge is 0.264 e. The molecule has 0 spiro atoms. The second-order valence-electron chi connectivity index (χ2n) is 3.01. The normalized spacial score (nSPS) is 11.8. The van der Waals surface area contributed by atoms with Crippen LogP contribution in [-0.2, 0) is 6.42 Å². The topological polar surface area (TPSA) is 26.0 Å². The van der Waals surface area contributed by atoms with Crippen molar-refractivity contribution in [1.29, 1.82) is 0 Å². The number of hydrogen-bond donors (Lipinski definition) is 1. The fraction of sp³-hybridized carbons (Fsp3) is 0.333. The molecule has 0 heterocycles. The molecule has 5 heteroatoms. The van der Waals surface area contributed by atoms with Gasteiger partial charge in [0.1, 0.15) is 0 Å². The molecule has 1 nitrogen and oxygen atoms in total. The van der Waals surface area contributed by atoms with Crippen LogP contribution in [0.1, 0.15) is 5.56 Å². The predicted octanol–water partition coefficient (Wildman–Crippen LogP) is 3.24. The summed E-state index contributed by atoms with van der Waals surface area (Å²) in [5.74, 6) is -2.87. The van der Waals surface area contributed by atoms with Gasteiger partial charge in [-0.05, 0) is 23.8 Å². The summed E-state index contributed by atoms with van der Waals surface area (Å²) >= 11 is 8.90. The van der Waals surface area contributed by atoms with Gasteiger partial charge in [0, 0.05) is 15.9 Å². The van der Waals surface area contributed by atoms with Crippen LogP contribution in [0.15, 0.2) is 22.7 Å². The summed E-state index contributed by atoms with van der Waals surface area (Å²) in [6.07, 6.45) is -0.386. The Balaban J connectivity index is 2.87. The third kappa shape index (κ3) is 3.52. The van der Waals surface area contributed by atoms with E-state index in [0.29, 0.717) is 15.1 Å². The van der Waals surface area contributed by atoms with Crippen LogP contribution in [0.25, 0.3) is 0 Å². The van der Waals surface area contributed by atoms with E-state index >= 15 is 0 Å². The maximum absolute atomic E-state index is 12.9. The number of benzene rings is 1. The highest BCUT2D eigenvalue weighted by Gasteiger charge is 2.27. The lowest BCUT2D eigenvalue weighted by molar-refractivity contribution is 0.0115. The zero-order chi connectivity index (χ0) is 10.8. The van der Waals surface area contributed by atoms with Gasteiger partial charge in [-0.15, -0.1) is 0 Å².